The summed E-state index contributed by atoms with van der Waals surface area (Å²) < 4.78 is 5.37. The minimum atomic E-state index is -0.238. The Hall–Kier alpha value is -0.790. The third-order valence-electron chi connectivity index (χ3n) is 1.12. The van der Waals surface area contributed by atoms with Crippen LogP contribution in [0.2, 0.25) is 0 Å². The lowest BCUT2D eigenvalue weighted by Gasteiger charge is -2.22. The van der Waals surface area contributed by atoms with Crippen molar-refractivity contribution in [2.24, 2.45) is 0 Å². The molecule has 0 aliphatic rings. The van der Waals surface area contributed by atoms with E-state index >= 15 is 0 Å². The molecule has 0 aliphatic heterocycles. The maximum absolute atomic E-state index is 7.40. The first kappa shape index (κ1) is 10.2. The van der Waals surface area contributed by atoms with Crippen LogP contribution in [0.25, 0.3) is 0 Å². The molecule has 11 heavy (non-hydrogen) atoms. The highest BCUT2D eigenvalue weighted by atomic mass is 16.5. The van der Waals surface area contributed by atoms with Crippen LogP contribution in [-0.2, 0) is 4.74 Å². The average molecular weight is 155 g/mol. The molecule has 0 spiro atoms. The van der Waals surface area contributed by atoms with Crippen molar-refractivity contribution in [1.29, 1.82) is 5.41 Å². The molecule has 1 N–H and O–H groups in total. The summed E-state index contributed by atoms with van der Waals surface area (Å²) >= 11 is 0. The van der Waals surface area contributed by atoms with E-state index in [1.165, 1.54) is 0 Å². The highest BCUT2D eigenvalue weighted by Gasteiger charge is 2.13. The fraction of sp³-hybridized carbons (Fsp3) is 0.667. The molecule has 0 aromatic rings. The van der Waals surface area contributed by atoms with Crippen molar-refractivity contribution in [3.05, 3.63) is 12.3 Å². The molecule has 0 rings (SSSR count). The number of rotatable bonds is 3. The Morgan fingerprint density at radius 1 is 1.45 bits per heavy atom. The van der Waals surface area contributed by atoms with Gasteiger partial charge in [0.25, 0.3) is 0 Å². The molecule has 0 radical (unpaired) electrons. The quantitative estimate of drug-likeness (QED) is 0.493. The Kier molecular flexibility index (Phi) is 3.30. The smallest absolute Gasteiger partial charge is 0.133 e. The number of hydrogen-bond donors (Lipinski definition) is 1. The van der Waals surface area contributed by atoms with Gasteiger partial charge in [-0.2, -0.15) is 0 Å². The lowest BCUT2D eigenvalue weighted by molar-refractivity contribution is 0.0645. The normalized spacial score (nSPS) is 10.9. The molecule has 64 valence electrons. The molecule has 0 aromatic heterocycles. The summed E-state index contributed by atoms with van der Waals surface area (Å²) in [6.45, 7) is 11.4. The van der Waals surface area contributed by atoms with Gasteiger partial charge < -0.3 is 10.1 Å². The maximum Gasteiger partial charge on any atom is 0.133 e. The zero-order valence-electron chi connectivity index (χ0n) is 7.82. The van der Waals surface area contributed by atoms with Gasteiger partial charge in [0, 0.05) is 0 Å². The van der Waals surface area contributed by atoms with Crippen LogP contribution in [-0.4, -0.2) is 11.3 Å². The van der Waals surface area contributed by atoms with Gasteiger partial charge in [-0.15, -0.1) is 0 Å². The fourth-order valence-electron chi connectivity index (χ4n) is 0.628. The highest BCUT2D eigenvalue weighted by molar-refractivity contribution is 5.95. The lowest BCUT2D eigenvalue weighted by atomic mass is 10.2. The van der Waals surface area contributed by atoms with E-state index in [9.17, 15) is 0 Å². The third-order valence-corrected chi connectivity index (χ3v) is 1.12. The summed E-state index contributed by atoms with van der Waals surface area (Å²) in [4.78, 5) is 0. The van der Waals surface area contributed by atoms with Gasteiger partial charge in [-0.1, -0.05) is 13.5 Å². The van der Waals surface area contributed by atoms with Crippen LogP contribution in [0.4, 0.5) is 0 Å². The van der Waals surface area contributed by atoms with Crippen LogP contribution in [0, 0.1) is 5.41 Å². The molecule has 0 aliphatic carbocycles. The summed E-state index contributed by atoms with van der Waals surface area (Å²) in [6, 6.07) is 0. The standard InChI is InChI=1S/C9H17NO/c1-6-8(10)7(2)11-9(3,4)5/h10H,2,6H2,1,3-5H3. The number of nitrogens with one attached hydrogen (secondary N) is 1. The molecule has 0 saturated heterocycles. The SMILES string of the molecule is C=C(OC(C)(C)C)C(=N)CC. The Bertz CT molecular complexity index is 165. The van der Waals surface area contributed by atoms with E-state index in [4.69, 9.17) is 10.1 Å². The molecule has 0 unspecified atom stereocenters. The Morgan fingerprint density at radius 2 is 1.91 bits per heavy atom. The molecule has 2 nitrogen and oxygen atoms in total. The Balaban J connectivity index is 3.99. The first-order valence-corrected chi connectivity index (χ1v) is 3.82. The lowest BCUT2D eigenvalue weighted by Crippen LogP contribution is -2.21. The maximum atomic E-state index is 7.40. The van der Waals surface area contributed by atoms with Crippen molar-refractivity contribution in [2.45, 2.75) is 39.7 Å². The van der Waals surface area contributed by atoms with Crippen LogP contribution in [0.5, 0.6) is 0 Å². The molecule has 0 fully saturated rings. The summed E-state index contributed by atoms with van der Waals surface area (Å²) in [5.74, 6) is 0.486. The van der Waals surface area contributed by atoms with Gasteiger partial charge in [0.2, 0.25) is 0 Å². The largest absolute Gasteiger partial charge is 0.487 e. The zero-order valence-corrected chi connectivity index (χ0v) is 7.82. The van der Waals surface area contributed by atoms with E-state index in [-0.39, 0.29) is 5.60 Å². The van der Waals surface area contributed by atoms with Crippen molar-refractivity contribution in [3.63, 3.8) is 0 Å². The van der Waals surface area contributed by atoms with E-state index in [1.54, 1.807) is 0 Å². The minimum absolute atomic E-state index is 0.238. The second kappa shape index (κ2) is 3.56. The van der Waals surface area contributed by atoms with Crippen LogP contribution in [0.15, 0.2) is 12.3 Å². The van der Waals surface area contributed by atoms with Crippen molar-refractivity contribution in [2.75, 3.05) is 0 Å². The van der Waals surface area contributed by atoms with Gasteiger partial charge in [0.15, 0.2) is 0 Å². The summed E-state index contributed by atoms with van der Waals surface area (Å²) in [7, 11) is 0. The van der Waals surface area contributed by atoms with Gasteiger partial charge >= 0.3 is 0 Å². The second-order valence-corrected chi connectivity index (χ2v) is 3.47. The van der Waals surface area contributed by atoms with Gasteiger partial charge in [-0.25, -0.2) is 0 Å². The second-order valence-electron chi connectivity index (χ2n) is 3.47. The molecule has 0 bridgehead atoms. The molecule has 0 heterocycles. The fourth-order valence-corrected chi connectivity index (χ4v) is 0.628. The van der Waals surface area contributed by atoms with Crippen molar-refractivity contribution < 1.29 is 4.74 Å². The third kappa shape index (κ3) is 4.59. The first-order valence-electron chi connectivity index (χ1n) is 3.82. The Morgan fingerprint density at radius 3 is 2.18 bits per heavy atom. The molecule has 0 amide bonds. The van der Waals surface area contributed by atoms with Crippen LogP contribution < -0.4 is 0 Å². The van der Waals surface area contributed by atoms with Crippen LogP contribution in [0.3, 0.4) is 0 Å². The molecule has 0 aromatic carbocycles. The van der Waals surface area contributed by atoms with Gasteiger partial charge in [0.1, 0.15) is 11.4 Å². The van der Waals surface area contributed by atoms with Gasteiger partial charge in [-0.3, -0.25) is 0 Å². The van der Waals surface area contributed by atoms with Crippen molar-refractivity contribution in [1.82, 2.24) is 0 Å². The van der Waals surface area contributed by atoms with Crippen molar-refractivity contribution in [3.8, 4) is 0 Å². The van der Waals surface area contributed by atoms with Crippen LogP contribution in [0.1, 0.15) is 34.1 Å². The number of allylic oxidation sites excluding steroid dienone is 1. The van der Waals surface area contributed by atoms with E-state index < -0.39 is 0 Å². The predicted molar refractivity (Wildman–Crippen MR) is 48.0 cm³/mol. The van der Waals surface area contributed by atoms with E-state index in [1.807, 2.05) is 27.7 Å². The van der Waals surface area contributed by atoms with E-state index in [0.717, 1.165) is 0 Å². The monoisotopic (exact) mass is 155 g/mol. The zero-order chi connectivity index (χ0) is 9.07. The molecular weight excluding hydrogens is 138 g/mol. The Labute approximate surface area is 68.8 Å². The molecule has 0 saturated carbocycles. The number of ether oxygens (including phenoxy) is 1. The summed E-state index contributed by atoms with van der Waals surface area (Å²) in [6.07, 6.45) is 0.676. The summed E-state index contributed by atoms with van der Waals surface area (Å²) in [5.41, 5.74) is 0.235. The minimum Gasteiger partial charge on any atom is -0.487 e. The average Bonchev–Trinajstić information content (AvgIpc) is 1.82. The molecule has 0 atom stereocenters. The van der Waals surface area contributed by atoms with Crippen molar-refractivity contribution >= 4 is 5.71 Å². The van der Waals surface area contributed by atoms with E-state index in [2.05, 4.69) is 6.58 Å². The van der Waals surface area contributed by atoms with E-state index in [0.29, 0.717) is 17.9 Å². The first-order chi connectivity index (χ1) is 4.87. The molecular formula is C9H17NO. The van der Waals surface area contributed by atoms with Crippen LogP contribution >= 0.6 is 0 Å². The topological polar surface area (TPSA) is 33.1 Å². The van der Waals surface area contributed by atoms with Gasteiger partial charge in [0.05, 0.1) is 5.71 Å². The predicted octanol–water partition coefficient (Wildman–Crippen LogP) is 2.74. The highest BCUT2D eigenvalue weighted by Crippen LogP contribution is 2.13. The molecule has 2 heteroatoms. The summed E-state index contributed by atoms with van der Waals surface area (Å²) in [5, 5.41) is 7.40. The number of hydrogen-bond acceptors (Lipinski definition) is 2. The van der Waals surface area contributed by atoms with Gasteiger partial charge in [-0.05, 0) is 27.2 Å².